The Morgan fingerprint density at radius 3 is 2.68 bits per heavy atom. The van der Waals surface area contributed by atoms with Gasteiger partial charge in [0.25, 0.3) is 0 Å². The number of rotatable bonds is 7. The molecule has 4 rings (SSSR count). The molecule has 3 aliphatic heterocycles. The van der Waals surface area contributed by atoms with Gasteiger partial charge in [0, 0.05) is 19.0 Å². The van der Waals surface area contributed by atoms with Crippen LogP contribution in [-0.2, 0) is 14.4 Å². The Morgan fingerprint density at radius 2 is 2.07 bits per heavy atom. The average Bonchev–Trinajstić information content (AvgIpc) is 3.07. The van der Waals surface area contributed by atoms with Crippen molar-refractivity contribution in [2.45, 2.75) is 69.0 Å². The molecule has 3 heterocycles. The molecule has 1 saturated carbocycles. The molecule has 3 saturated heterocycles. The van der Waals surface area contributed by atoms with Crippen LogP contribution in [0.15, 0.2) is 0 Å². The smallest absolute Gasteiger partial charge is 0.243 e. The number of nitrogens with zero attached hydrogens (tertiary/aromatic N) is 2. The maximum Gasteiger partial charge on any atom is 0.243 e. The van der Waals surface area contributed by atoms with Crippen molar-refractivity contribution in [1.82, 2.24) is 20.9 Å². The quantitative estimate of drug-likeness (QED) is 0.571. The molecule has 4 aliphatic rings. The average molecular weight is 387 g/mol. The third kappa shape index (κ3) is 3.72. The highest BCUT2D eigenvalue weighted by molar-refractivity contribution is 5.94. The lowest BCUT2D eigenvalue weighted by Gasteiger charge is -2.30. The molecular formula is C20H29N5O3. The maximum absolute atomic E-state index is 13.1. The zero-order valence-electron chi connectivity index (χ0n) is 16.2. The molecule has 1 spiro atoms. The summed E-state index contributed by atoms with van der Waals surface area (Å²) >= 11 is 0. The van der Waals surface area contributed by atoms with E-state index in [0.29, 0.717) is 38.3 Å². The van der Waals surface area contributed by atoms with Crippen molar-refractivity contribution in [2.24, 2.45) is 11.8 Å². The molecule has 8 nitrogen and oxygen atoms in total. The summed E-state index contributed by atoms with van der Waals surface area (Å²) in [5.74, 6) is -0.00767. The molecule has 1 aliphatic carbocycles. The molecule has 0 aromatic carbocycles. The van der Waals surface area contributed by atoms with Crippen molar-refractivity contribution in [3.63, 3.8) is 0 Å². The third-order valence-electron chi connectivity index (χ3n) is 6.78. The van der Waals surface area contributed by atoms with Crippen LogP contribution in [0.25, 0.3) is 0 Å². The number of likely N-dealkylation sites (tertiary alicyclic amines) is 1. The summed E-state index contributed by atoms with van der Waals surface area (Å²) in [5, 5.41) is 18.5. The number of carbonyl (C=O) groups is 3. The Balaban J connectivity index is 1.43. The molecule has 0 aromatic rings. The van der Waals surface area contributed by atoms with Gasteiger partial charge in [0.1, 0.15) is 12.1 Å². The van der Waals surface area contributed by atoms with Crippen molar-refractivity contribution in [3.05, 3.63) is 0 Å². The van der Waals surface area contributed by atoms with Crippen LogP contribution in [0.5, 0.6) is 0 Å². The lowest BCUT2D eigenvalue weighted by atomic mass is 9.95. The molecule has 152 valence electrons. The van der Waals surface area contributed by atoms with E-state index in [-0.39, 0.29) is 23.6 Å². The van der Waals surface area contributed by atoms with Crippen LogP contribution in [0.3, 0.4) is 0 Å². The summed E-state index contributed by atoms with van der Waals surface area (Å²) < 4.78 is 0. The van der Waals surface area contributed by atoms with E-state index in [2.05, 4.69) is 22.0 Å². The second-order valence-corrected chi connectivity index (χ2v) is 8.76. The fraction of sp³-hybridized carbons (Fsp3) is 0.800. The van der Waals surface area contributed by atoms with Gasteiger partial charge in [-0.25, -0.2) is 0 Å². The zero-order valence-corrected chi connectivity index (χ0v) is 16.2. The van der Waals surface area contributed by atoms with Crippen LogP contribution >= 0.6 is 0 Å². The van der Waals surface area contributed by atoms with Gasteiger partial charge < -0.3 is 20.9 Å². The second-order valence-electron chi connectivity index (χ2n) is 8.76. The molecule has 0 bridgehead atoms. The summed E-state index contributed by atoms with van der Waals surface area (Å²) in [4.78, 5) is 39.8. The topological polar surface area (TPSA) is 114 Å². The first kappa shape index (κ1) is 19.2. The Bertz CT molecular complexity index is 692. The number of nitrogens with one attached hydrogen (secondary N) is 3. The van der Waals surface area contributed by atoms with Gasteiger partial charge in [-0.05, 0) is 51.0 Å². The summed E-state index contributed by atoms with van der Waals surface area (Å²) in [5.41, 5.74) is -0.487. The predicted molar refractivity (Wildman–Crippen MR) is 101 cm³/mol. The van der Waals surface area contributed by atoms with Crippen LogP contribution in [-0.4, -0.2) is 59.9 Å². The molecule has 4 fully saturated rings. The first-order valence-corrected chi connectivity index (χ1v) is 10.6. The van der Waals surface area contributed by atoms with Crippen LogP contribution < -0.4 is 16.0 Å². The van der Waals surface area contributed by atoms with Gasteiger partial charge in [-0.2, -0.15) is 5.26 Å². The lowest BCUT2D eigenvalue weighted by molar-refractivity contribution is -0.141. The molecule has 2 unspecified atom stereocenters. The van der Waals surface area contributed by atoms with Gasteiger partial charge in [0.15, 0.2) is 0 Å². The SMILES string of the molecule is N#C[C@H](C[C@@H]1CCNC1=O)NC(=O)C(CC1CC1)N1CCC2(CCCN2)C1=O. The minimum Gasteiger partial charge on any atom is -0.356 e. The lowest BCUT2D eigenvalue weighted by Crippen LogP contribution is -2.54. The summed E-state index contributed by atoms with van der Waals surface area (Å²) in [7, 11) is 0. The molecule has 3 N–H and O–H groups in total. The maximum atomic E-state index is 13.1. The van der Waals surface area contributed by atoms with Gasteiger partial charge >= 0.3 is 0 Å². The molecule has 0 aromatic heterocycles. The van der Waals surface area contributed by atoms with Crippen LogP contribution in [0.2, 0.25) is 0 Å². The van der Waals surface area contributed by atoms with Crippen LogP contribution in [0, 0.1) is 23.2 Å². The van der Waals surface area contributed by atoms with E-state index < -0.39 is 17.6 Å². The number of amides is 3. The largest absolute Gasteiger partial charge is 0.356 e. The van der Waals surface area contributed by atoms with Crippen LogP contribution in [0.1, 0.15) is 51.4 Å². The minimum atomic E-state index is -0.709. The van der Waals surface area contributed by atoms with Crippen molar-refractivity contribution >= 4 is 17.7 Å². The van der Waals surface area contributed by atoms with Gasteiger partial charge in [-0.1, -0.05) is 12.8 Å². The number of nitriles is 1. The van der Waals surface area contributed by atoms with Gasteiger partial charge in [-0.15, -0.1) is 0 Å². The fourth-order valence-electron chi connectivity index (χ4n) is 4.91. The first-order chi connectivity index (χ1) is 13.5. The molecule has 4 atom stereocenters. The number of hydrogen-bond donors (Lipinski definition) is 3. The van der Waals surface area contributed by atoms with E-state index in [9.17, 15) is 19.6 Å². The van der Waals surface area contributed by atoms with E-state index in [4.69, 9.17) is 0 Å². The Labute approximate surface area is 165 Å². The van der Waals surface area contributed by atoms with E-state index >= 15 is 0 Å². The first-order valence-electron chi connectivity index (χ1n) is 10.6. The van der Waals surface area contributed by atoms with Crippen molar-refractivity contribution in [3.8, 4) is 6.07 Å². The summed E-state index contributed by atoms with van der Waals surface area (Å²) in [6, 6.07) is 0.899. The van der Waals surface area contributed by atoms with E-state index in [0.717, 1.165) is 38.6 Å². The highest BCUT2D eigenvalue weighted by Crippen LogP contribution is 2.38. The van der Waals surface area contributed by atoms with Gasteiger partial charge in [0.05, 0.1) is 11.6 Å². The number of hydrogen-bond acceptors (Lipinski definition) is 5. The molecule has 28 heavy (non-hydrogen) atoms. The molecule has 3 amide bonds. The molecule has 0 radical (unpaired) electrons. The van der Waals surface area contributed by atoms with E-state index in [1.807, 2.05) is 0 Å². The number of carbonyl (C=O) groups excluding carboxylic acids is 3. The Hall–Kier alpha value is -2.14. The molecular weight excluding hydrogens is 358 g/mol. The zero-order chi connectivity index (χ0) is 19.7. The van der Waals surface area contributed by atoms with E-state index in [1.54, 1.807) is 4.90 Å². The highest BCUT2D eigenvalue weighted by atomic mass is 16.2. The van der Waals surface area contributed by atoms with Crippen molar-refractivity contribution < 1.29 is 14.4 Å². The van der Waals surface area contributed by atoms with Crippen molar-refractivity contribution in [1.29, 1.82) is 5.26 Å². The van der Waals surface area contributed by atoms with Gasteiger partial charge in [0.2, 0.25) is 17.7 Å². The Morgan fingerprint density at radius 1 is 1.25 bits per heavy atom. The minimum absolute atomic E-state index is 0.0366. The van der Waals surface area contributed by atoms with E-state index in [1.165, 1.54) is 0 Å². The summed E-state index contributed by atoms with van der Waals surface area (Å²) in [6.07, 6.45) is 6.43. The predicted octanol–water partition coefficient (Wildman–Crippen LogP) is 0.0442. The molecule has 8 heteroatoms. The van der Waals surface area contributed by atoms with Crippen LogP contribution in [0.4, 0.5) is 0 Å². The third-order valence-corrected chi connectivity index (χ3v) is 6.78. The Kier molecular flexibility index (Phi) is 5.28. The van der Waals surface area contributed by atoms with Crippen molar-refractivity contribution in [2.75, 3.05) is 19.6 Å². The highest BCUT2D eigenvalue weighted by Gasteiger charge is 2.51. The second kappa shape index (κ2) is 7.70. The summed E-state index contributed by atoms with van der Waals surface area (Å²) in [6.45, 7) is 2.05. The standard InChI is InChI=1S/C20H29N5O3/c21-12-15(11-14-4-8-22-17(14)26)24-18(27)16(10-13-2-3-13)25-9-6-20(19(25)28)5-1-7-23-20/h13-16,23H,1-11H2,(H,22,26)(H,24,27)/t14-,15-,16?,20?/m0/s1. The van der Waals surface area contributed by atoms with Gasteiger partial charge in [-0.3, -0.25) is 14.4 Å². The fourth-order valence-corrected chi connectivity index (χ4v) is 4.91. The normalized spacial score (nSPS) is 31.7. The monoisotopic (exact) mass is 387 g/mol.